The summed E-state index contributed by atoms with van der Waals surface area (Å²) in [7, 11) is 0. The van der Waals surface area contributed by atoms with Crippen molar-refractivity contribution in [3.63, 3.8) is 0 Å². The molecule has 0 aliphatic rings. The van der Waals surface area contributed by atoms with Crippen molar-refractivity contribution in [2.24, 2.45) is 0 Å². The molecule has 1 aromatic rings. The van der Waals surface area contributed by atoms with E-state index in [1.165, 1.54) is 0 Å². The van der Waals surface area contributed by atoms with Gasteiger partial charge in [0, 0.05) is 5.88 Å². The van der Waals surface area contributed by atoms with Crippen LogP contribution in [-0.4, -0.2) is 22.4 Å². The lowest BCUT2D eigenvalue weighted by atomic mass is 9.94. The number of carbonyl (C=O) groups excluding carboxylic acids is 1. The second kappa shape index (κ2) is 6.10. The van der Waals surface area contributed by atoms with Gasteiger partial charge in [-0.1, -0.05) is 26.0 Å². The van der Waals surface area contributed by atoms with E-state index >= 15 is 0 Å². The Morgan fingerprint density at radius 1 is 1.39 bits per heavy atom. The first-order valence-corrected chi connectivity index (χ1v) is 6.70. The monoisotopic (exact) mass is 269 g/mol. The number of benzene rings is 1. The summed E-state index contributed by atoms with van der Waals surface area (Å²) in [6, 6.07) is 5.13. The number of hydrogen-bond donors (Lipinski definition) is 2. The molecule has 0 radical (unpaired) electrons. The summed E-state index contributed by atoms with van der Waals surface area (Å²) in [5.41, 5.74) is 0.577. The van der Waals surface area contributed by atoms with Gasteiger partial charge in [-0.25, -0.2) is 0 Å². The number of carbonyl (C=O) groups is 1. The molecule has 18 heavy (non-hydrogen) atoms. The number of amides is 1. The van der Waals surface area contributed by atoms with Gasteiger partial charge in [0.05, 0.1) is 11.1 Å². The molecule has 1 aromatic carbocycles. The molecule has 0 saturated heterocycles. The first-order valence-electron chi connectivity index (χ1n) is 6.16. The number of aryl methyl sites for hydroxylation is 1. The molecule has 0 aliphatic carbocycles. The minimum Gasteiger partial charge on any atom is -0.507 e. The van der Waals surface area contributed by atoms with Crippen molar-refractivity contribution in [2.45, 2.75) is 39.2 Å². The molecule has 0 unspecified atom stereocenters. The molecule has 3 nitrogen and oxygen atoms in total. The van der Waals surface area contributed by atoms with Crippen molar-refractivity contribution in [1.29, 1.82) is 0 Å². The van der Waals surface area contributed by atoms with Gasteiger partial charge in [-0.05, 0) is 31.4 Å². The number of alkyl halides is 1. The summed E-state index contributed by atoms with van der Waals surface area (Å²) < 4.78 is 0. The van der Waals surface area contributed by atoms with Crippen LogP contribution >= 0.6 is 11.6 Å². The summed E-state index contributed by atoms with van der Waals surface area (Å²) in [5, 5.41) is 12.8. The summed E-state index contributed by atoms with van der Waals surface area (Å²) >= 11 is 5.95. The Morgan fingerprint density at radius 3 is 2.50 bits per heavy atom. The van der Waals surface area contributed by atoms with Crippen LogP contribution in [0.1, 0.15) is 42.6 Å². The first-order chi connectivity index (χ1) is 8.49. The van der Waals surface area contributed by atoms with Gasteiger partial charge in [0.15, 0.2) is 0 Å². The summed E-state index contributed by atoms with van der Waals surface area (Å²) in [5.74, 6) is 0.115. The van der Waals surface area contributed by atoms with Crippen molar-refractivity contribution in [3.05, 3.63) is 29.3 Å². The molecule has 2 N–H and O–H groups in total. The average Bonchev–Trinajstić information content (AvgIpc) is 2.39. The Hall–Kier alpha value is -1.22. The molecule has 0 heterocycles. The molecule has 0 aromatic heterocycles. The van der Waals surface area contributed by atoms with Crippen LogP contribution in [-0.2, 0) is 0 Å². The van der Waals surface area contributed by atoms with E-state index in [0.717, 1.165) is 12.8 Å². The molecule has 1 rings (SSSR count). The number of para-hydroxylation sites is 1. The smallest absolute Gasteiger partial charge is 0.255 e. The number of phenolic OH excluding ortho intramolecular Hbond substituents is 1. The van der Waals surface area contributed by atoms with E-state index in [-0.39, 0.29) is 11.7 Å². The molecule has 0 bridgehead atoms. The van der Waals surface area contributed by atoms with Crippen molar-refractivity contribution in [3.8, 4) is 5.75 Å². The number of rotatable bonds is 5. The lowest BCUT2D eigenvalue weighted by Crippen LogP contribution is -2.49. The Labute approximate surface area is 113 Å². The normalized spacial score (nSPS) is 11.3. The molecule has 0 fully saturated rings. The Balaban J connectivity index is 2.98. The molecular weight excluding hydrogens is 250 g/mol. The van der Waals surface area contributed by atoms with Crippen LogP contribution in [0.25, 0.3) is 0 Å². The predicted octanol–water partition coefficient (Wildman–Crippen LogP) is 3.23. The maximum atomic E-state index is 12.2. The van der Waals surface area contributed by atoms with Crippen LogP contribution in [0.2, 0.25) is 0 Å². The fourth-order valence-corrected chi connectivity index (χ4v) is 2.24. The third kappa shape index (κ3) is 2.96. The lowest BCUT2D eigenvalue weighted by molar-refractivity contribution is 0.0899. The van der Waals surface area contributed by atoms with Gasteiger partial charge in [-0.2, -0.15) is 0 Å². The van der Waals surface area contributed by atoms with Crippen LogP contribution in [0, 0.1) is 6.92 Å². The number of phenols is 1. The molecular formula is C14H20ClNO2. The first kappa shape index (κ1) is 14.8. The van der Waals surface area contributed by atoms with E-state index in [0.29, 0.717) is 17.0 Å². The van der Waals surface area contributed by atoms with Gasteiger partial charge >= 0.3 is 0 Å². The lowest BCUT2D eigenvalue weighted by Gasteiger charge is -2.30. The van der Waals surface area contributed by atoms with Gasteiger partial charge in [0.25, 0.3) is 5.91 Å². The van der Waals surface area contributed by atoms with E-state index in [4.69, 9.17) is 11.6 Å². The third-order valence-corrected chi connectivity index (χ3v) is 3.98. The topological polar surface area (TPSA) is 49.3 Å². The van der Waals surface area contributed by atoms with Crippen LogP contribution in [0.4, 0.5) is 0 Å². The zero-order valence-corrected chi connectivity index (χ0v) is 11.8. The highest BCUT2D eigenvalue weighted by Gasteiger charge is 2.28. The quantitative estimate of drug-likeness (QED) is 0.807. The van der Waals surface area contributed by atoms with E-state index in [9.17, 15) is 9.90 Å². The highest BCUT2D eigenvalue weighted by atomic mass is 35.5. The number of nitrogens with one attached hydrogen (secondary N) is 1. The Kier molecular flexibility index (Phi) is 5.03. The number of halogens is 1. The van der Waals surface area contributed by atoms with Gasteiger partial charge in [0.1, 0.15) is 5.75 Å². The minimum atomic E-state index is -0.408. The van der Waals surface area contributed by atoms with Gasteiger partial charge < -0.3 is 10.4 Å². The molecule has 0 spiro atoms. The molecule has 4 heteroatoms. The Bertz CT molecular complexity index is 420. The van der Waals surface area contributed by atoms with Crippen molar-refractivity contribution < 1.29 is 9.90 Å². The third-order valence-electron chi connectivity index (χ3n) is 3.47. The van der Waals surface area contributed by atoms with Gasteiger partial charge in [-0.15, -0.1) is 11.6 Å². The fraction of sp³-hybridized carbons (Fsp3) is 0.500. The predicted molar refractivity (Wildman–Crippen MR) is 74.3 cm³/mol. The summed E-state index contributed by atoms with van der Waals surface area (Å²) in [6.45, 7) is 5.74. The average molecular weight is 270 g/mol. The van der Waals surface area contributed by atoms with Crippen LogP contribution < -0.4 is 5.32 Å². The zero-order valence-electron chi connectivity index (χ0n) is 11.1. The SMILES string of the molecule is CCC(CC)(CCl)NC(=O)c1cccc(C)c1O. The molecule has 0 saturated carbocycles. The minimum absolute atomic E-state index is 0.0330. The molecule has 100 valence electrons. The highest BCUT2D eigenvalue weighted by Crippen LogP contribution is 2.23. The van der Waals surface area contributed by atoms with Crippen molar-refractivity contribution in [1.82, 2.24) is 5.32 Å². The maximum absolute atomic E-state index is 12.2. The highest BCUT2D eigenvalue weighted by molar-refractivity contribution is 6.19. The second-order valence-electron chi connectivity index (χ2n) is 4.55. The van der Waals surface area contributed by atoms with Crippen molar-refractivity contribution in [2.75, 3.05) is 5.88 Å². The van der Waals surface area contributed by atoms with Crippen LogP contribution in [0.15, 0.2) is 18.2 Å². The molecule has 1 amide bonds. The number of hydrogen-bond acceptors (Lipinski definition) is 2. The van der Waals surface area contributed by atoms with E-state index < -0.39 is 5.54 Å². The zero-order chi connectivity index (χ0) is 13.8. The van der Waals surface area contributed by atoms with Gasteiger partial charge in [0.2, 0.25) is 0 Å². The standard InChI is InChI=1S/C14H20ClNO2/c1-4-14(5-2,9-15)16-13(18)11-8-6-7-10(3)12(11)17/h6-8,17H,4-5,9H2,1-3H3,(H,16,18). The molecule has 0 aliphatic heterocycles. The molecule has 0 atom stereocenters. The maximum Gasteiger partial charge on any atom is 0.255 e. The van der Waals surface area contributed by atoms with E-state index in [1.54, 1.807) is 25.1 Å². The van der Waals surface area contributed by atoms with E-state index in [2.05, 4.69) is 5.32 Å². The fourth-order valence-electron chi connectivity index (χ4n) is 1.80. The Morgan fingerprint density at radius 2 is 2.00 bits per heavy atom. The van der Waals surface area contributed by atoms with E-state index in [1.807, 2.05) is 13.8 Å². The van der Waals surface area contributed by atoms with Gasteiger partial charge in [-0.3, -0.25) is 4.79 Å². The summed E-state index contributed by atoms with van der Waals surface area (Å²) in [6.07, 6.45) is 1.51. The second-order valence-corrected chi connectivity index (χ2v) is 4.81. The number of aromatic hydroxyl groups is 1. The summed E-state index contributed by atoms with van der Waals surface area (Å²) in [4.78, 5) is 12.2. The van der Waals surface area contributed by atoms with Crippen LogP contribution in [0.5, 0.6) is 5.75 Å². The largest absolute Gasteiger partial charge is 0.507 e. The van der Waals surface area contributed by atoms with Crippen LogP contribution in [0.3, 0.4) is 0 Å². The van der Waals surface area contributed by atoms with Crippen molar-refractivity contribution >= 4 is 17.5 Å².